The lowest BCUT2D eigenvalue weighted by molar-refractivity contribution is -0.142. The van der Waals surface area contributed by atoms with Crippen LogP contribution in [-0.4, -0.2) is 63.5 Å². The summed E-state index contributed by atoms with van der Waals surface area (Å²) in [5.74, 6) is -0.791. The molecule has 0 saturated carbocycles. The van der Waals surface area contributed by atoms with E-state index in [2.05, 4.69) is 35.6 Å². The van der Waals surface area contributed by atoms with Crippen molar-refractivity contribution in [3.63, 3.8) is 0 Å². The van der Waals surface area contributed by atoms with E-state index in [9.17, 15) is 14.0 Å². The Labute approximate surface area is 234 Å². The zero-order valence-corrected chi connectivity index (χ0v) is 22.6. The van der Waals surface area contributed by atoms with Crippen LogP contribution in [0.15, 0.2) is 73.2 Å². The Kier molecular flexibility index (Phi) is 7.81. The van der Waals surface area contributed by atoms with E-state index in [0.29, 0.717) is 22.9 Å². The zero-order valence-electron chi connectivity index (χ0n) is 22.6. The molecule has 0 saturated heterocycles. The fourth-order valence-corrected chi connectivity index (χ4v) is 4.24. The number of nitrogens with zero attached hydrogens (tertiary/aromatic N) is 5. The van der Waals surface area contributed by atoms with Crippen molar-refractivity contribution in [3.8, 4) is 11.4 Å². The SMILES string of the molecule is CNc1nccc(-c2cc3cc(C(=O)NC(CN(c4ccc(F)cc4)c4ncc(C)cn4)C(=O)OC)ccc3[nH]2)n1. The molecule has 0 radical (unpaired) electrons. The number of carbonyl (C=O) groups excluding carboxylic acids is 2. The Morgan fingerprint density at radius 1 is 1.05 bits per heavy atom. The molecule has 11 nitrogen and oxygen atoms in total. The number of benzene rings is 2. The number of H-pyrrole nitrogens is 1. The van der Waals surface area contributed by atoms with Crippen LogP contribution in [0.3, 0.4) is 0 Å². The minimum absolute atomic E-state index is 0.0643. The molecular weight excluding hydrogens is 527 g/mol. The molecule has 0 spiro atoms. The van der Waals surface area contributed by atoms with Gasteiger partial charge in [0.05, 0.1) is 25.0 Å². The minimum atomic E-state index is -1.10. The number of ether oxygens (including phenoxy) is 1. The predicted molar refractivity (Wildman–Crippen MR) is 152 cm³/mol. The lowest BCUT2D eigenvalue weighted by atomic mass is 10.1. The van der Waals surface area contributed by atoms with Gasteiger partial charge in [0, 0.05) is 47.8 Å². The van der Waals surface area contributed by atoms with E-state index in [0.717, 1.165) is 22.2 Å². The number of rotatable bonds is 9. The van der Waals surface area contributed by atoms with Crippen LogP contribution in [0.1, 0.15) is 15.9 Å². The van der Waals surface area contributed by atoms with Crippen molar-refractivity contribution in [2.75, 3.05) is 30.9 Å². The highest BCUT2D eigenvalue weighted by atomic mass is 19.1. The average molecular weight is 555 g/mol. The maximum absolute atomic E-state index is 13.7. The van der Waals surface area contributed by atoms with Crippen molar-refractivity contribution in [2.45, 2.75) is 13.0 Å². The van der Waals surface area contributed by atoms with E-state index in [-0.39, 0.29) is 12.5 Å². The largest absolute Gasteiger partial charge is 0.467 e. The van der Waals surface area contributed by atoms with Crippen LogP contribution in [0.2, 0.25) is 0 Å². The molecule has 5 aromatic rings. The fraction of sp³-hybridized carbons (Fsp3) is 0.172. The van der Waals surface area contributed by atoms with E-state index in [1.54, 1.807) is 66.9 Å². The van der Waals surface area contributed by atoms with Gasteiger partial charge < -0.3 is 25.3 Å². The molecule has 5 rings (SSSR count). The highest BCUT2D eigenvalue weighted by molar-refractivity contribution is 6.00. The van der Waals surface area contributed by atoms with Crippen LogP contribution < -0.4 is 15.5 Å². The van der Waals surface area contributed by atoms with Gasteiger partial charge in [-0.25, -0.2) is 29.1 Å². The van der Waals surface area contributed by atoms with Crippen LogP contribution in [-0.2, 0) is 9.53 Å². The first-order valence-corrected chi connectivity index (χ1v) is 12.7. The second kappa shape index (κ2) is 11.8. The van der Waals surface area contributed by atoms with Crippen molar-refractivity contribution < 1.29 is 18.7 Å². The molecule has 1 unspecified atom stereocenters. The monoisotopic (exact) mass is 554 g/mol. The maximum atomic E-state index is 13.7. The smallest absolute Gasteiger partial charge is 0.330 e. The first-order valence-electron chi connectivity index (χ1n) is 12.7. The number of esters is 1. The average Bonchev–Trinajstić information content (AvgIpc) is 3.43. The number of hydrogen-bond donors (Lipinski definition) is 3. The third-order valence-corrected chi connectivity index (χ3v) is 6.34. The molecule has 0 aliphatic rings. The summed E-state index contributed by atoms with van der Waals surface area (Å²) in [6.07, 6.45) is 4.92. The summed E-state index contributed by atoms with van der Waals surface area (Å²) >= 11 is 0. The summed E-state index contributed by atoms with van der Waals surface area (Å²) in [6, 6.07) is 13.4. The molecule has 0 aliphatic heterocycles. The Balaban J connectivity index is 1.41. The lowest BCUT2D eigenvalue weighted by Crippen LogP contribution is -2.48. The van der Waals surface area contributed by atoms with Crippen molar-refractivity contribution >= 4 is 40.4 Å². The van der Waals surface area contributed by atoms with Crippen molar-refractivity contribution in [1.82, 2.24) is 30.2 Å². The molecule has 3 aromatic heterocycles. The van der Waals surface area contributed by atoms with Gasteiger partial charge >= 0.3 is 5.97 Å². The second-order valence-corrected chi connectivity index (χ2v) is 9.20. The van der Waals surface area contributed by atoms with E-state index in [1.165, 1.54) is 19.2 Å². The number of aromatic nitrogens is 5. The van der Waals surface area contributed by atoms with Gasteiger partial charge in [-0.2, -0.15) is 0 Å². The molecular formula is C29H27FN8O3. The van der Waals surface area contributed by atoms with Crippen LogP contribution in [0.5, 0.6) is 0 Å². The van der Waals surface area contributed by atoms with Crippen LogP contribution in [0.25, 0.3) is 22.3 Å². The van der Waals surface area contributed by atoms with E-state index in [4.69, 9.17) is 4.74 Å². The molecule has 1 amide bonds. The summed E-state index contributed by atoms with van der Waals surface area (Å²) in [5, 5.41) is 6.47. The van der Waals surface area contributed by atoms with Crippen LogP contribution in [0.4, 0.5) is 22.0 Å². The summed E-state index contributed by atoms with van der Waals surface area (Å²) in [4.78, 5) is 48.4. The molecule has 3 N–H and O–H groups in total. The number of aryl methyl sites for hydroxylation is 1. The number of amides is 1. The standard InChI is InChI=1S/C29H27FN8O3/c1-17-14-33-29(34-15-17)38(21-7-5-20(30)6-8-21)16-25(27(40)41-3)36-26(39)18-4-9-22-19(12-18)13-24(35-22)23-10-11-32-28(31-2)37-23/h4-15,25,35H,16H2,1-3H3,(H,36,39)(H,31,32,37). The van der Waals surface area contributed by atoms with Gasteiger partial charge in [0.15, 0.2) is 0 Å². The molecule has 0 bridgehead atoms. The summed E-state index contributed by atoms with van der Waals surface area (Å²) in [7, 11) is 2.98. The van der Waals surface area contributed by atoms with Gasteiger partial charge in [0.25, 0.3) is 5.91 Å². The highest BCUT2D eigenvalue weighted by Gasteiger charge is 2.27. The van der Waals surface area contributed by atoms with Gasteiger partial charge in [-0.15, -0.1) is 0 Å². The van der Waals surface area contributed by atoms with Crippen molar-refractivity contribution in [1.29, 1.82) is 0 Å². The lowest BCUT2D eigenvalue weighted by Gasteiger charge is -2.27. The normalized spacial score (nSPS) is 11.6. The van der Waals surface area contributed by atoms with Gasteiger partial charge in [-0.1, -0.05) is 0 Å². The number of halogens is 1. The Hall–Kier alpha value is -5.39. The number of nitrogens with one attached hydrogen (secondary N) is 3. The number of anilines is 3. The quantitative estimate of drug-likeness (QED) is 0.231. The third kappa shape index (κ3) is 6.11. The number of fused-ring (bicyclic) bond motifs is 1. The molecule has 208 valence electrons. The van der Waals surface area contributed by atoms with Crippen molar-refractivity contribution in [2.24, 2.45) is 0 Å². The second-order valence-electron chi connectivity index (χ2n) is 9.20. The molecule has 2 aromatic carbocycles. The van der Waals surface area contributed by atoms with Crippen LogP contribution in [0, 0.1) is 12.7 Å². The van der Waals surface area contributed by atoms with E-state index < -0.39 is 23.7 Å². The fourth-order valence-electron chi connectivity index (χ4n) is 4.24. The minimum Gasteiger partial charge on any atom is -0.467 e. The summed E-state index contributed by atoms with van der Waals surface area (Å²) in [6.45, 7) is 1.78. The topological polar surface area (TPSA) is 138 Å². The Morgan fingerprint density at radius 2 is 1.80 bits per heavy atom. The van der Waals surface area contributed by atoms with Crippen LogP contribution >= 0.6 is 0 Å². The van der Waals surface area contributed by atoms with Gasteiger partial charge in [0.2, 0.25) is 11.9 Å². The number of aromatic amines is 1. The number of carbonyl (C=O) groups is 2. The Bertz CT molecular complexity index is 1640. The highest BCUT2D eigenvalue weighted by Crippen LogP contribution is 2.25. The third-order valence-electron chi connectivity index (χ3n) is 6.34. The van der Waals surface area contributed by atoms with E-state index in [1.807, 2.05) is 13.0 Å². The molecule has 41 heavy (non-hydrogen) atoms. The van der Waals surface area contributed by atoms with Gasteiger partial charge in [0.1, 0.15) is 11.9 Å². The zero-order chi connectivity index (χ0) is 28.9. The van der Waals surface area contributed by atoms with Crippen molar-refractivity contribution in [3.05, 3.63) is 90.1 Å². The molecule has 0 aliphatic carbocycles. The molecule has 1 atom stereocenters. The molecule has 0 fully saturated rings. The maximum Gasteiger partial charge on any atom is 0.330 e. The van der Waals surface area contributed by atoms with E-state index >= 15 is 0 Å². The molecule has 3 heterocycles. The first kappa shape index (κ1) is 27.2. The van der Waals surface area contributed by atoms with Gasteiger partial charge in [-0.05, 0) is 67.1 Å². The first-order chi connectivity index (χ1) is 19.8. The molecule has 12 heteroatoms. The summed E-state index contributed by atoms with van der Waals surface area (Å²) < 4.78 is 18.7. The number of hydrogen-bond acceptors (Lipinski definition) is 9. The Morgan fingerprint density at radius 3 is 2.51 bits per heavy atom. The number of methoxy groups -OCH3 is 1. The van der Waals surface area contributed by atoms with Gasteiger partial charge in [-0.3, -0.25) is 4.79 Å². The summed E-state index contributed by atoms with van der Waals surface area (Å²) in [5.41, 5.74) is 3.98. The predicted octanol–water partition coefficient (Wildman–Crippen LogP) is 4.01.